The van der Waals surface area contributed by atoms with Crippen molar-refractivity contribution in [2.75, 3.05) is 13.2 Å². The second-order valence-corrected chi connectivity index (χ2v) is 3.42. The number of esters is 1. The fourth-order valence-corrected chi connectivity index (χ4v) is 1.12. The number of ether oxygens (including phenoxy) is 2. The Morgan fingerprint density at radius 2 is 2.42 bits per heavy atom. The summed E-state index contributed by atoms with van der Waals surface area (Å²) in [4.78, 5) is 11.0. The van der Waals surface area contributed by atoms with Crippen LogP contribution in [0.1, 0.15) is 26.7 Å². The van der Waals surface area contributed by atoms with Crippen molar-refractivity contribution in [1.29, 1.82) is 0 Å². The highest BCUT2D eigenvalue weighted by molar-refractivity contribution is 5.71. The summed E-state index contributed by atoms with van der Waals surface area (Å²) in [7, 11) is 0. The van der Waals surface area contributed by atoms with Gasteiger partial charge in [0.25, 0.3) is 0 Å². The van der Waals surface area contributed by atoms with E-state index in [9.17, 15) is 4.79 Å². The zero-order valence-corrected chi connectivity index (χ0v) is 7.71. The highest BCUT2D eigenvalue weighted by Gasteiger charge is 2.18. The largest absolute Gasteiger partial charge is 0.463 e. The van der Waals surface area contributed by atoms with Gasteiger partial charge in [-0.3, -0.25) is 4.79 Å². The average molecular weight is 172 g/mol. The van der Waals surface area contributed by atoms with Crippen molar-refractivity contribution < 1.29 is 14.3 Å². The summed E-state index contributed by atoms with van der Waals surface area (Å²) in [6.45, 7) is 4.90. The Kier molecular flexibility index (Phi) is 3.53. The number of carbonyl (C=O) groups excluding carboxylic acids is 1. The molecule has 70 valence electrons. The molecule has 1 heterocycles. The lowest BCUT2D eigenvalue weighted by molar-refractivity contribution is -0.150. The quantitative estimate of drug-likeness (QED) is 0.603. The second-order valence-electron chi connectivity index (χ2n) is 3.42. The maximum atomic E-state index is 11.0. The second kappa shape index (κ2) is 4.45. The molecule has 3 nitrogen and oxygen atoms in total. The first-order valence-electron chi connectivity index (χ1n) is 4.48. The fourth-order valence-electron chi connectivity index (χ4n) is 1.12. The van der Waals surface area contributed by atoms with Crippen molar-refractivity contribution in [1.82, 2.24) is 0 Å². The molecule has 12 heavy (non-hydrogen) atoms. The summed E-state index contributed by atoms with van der Waals surface area (Å²) >= 11 is 0. The van der Waals surface area contributed by atoms with Crippen molar-refractivity contribution in [3.63, 3.8) is 0 Å². The van der Waals surface area contributed by atoms with Gasteiger partial charge in [0.1, 0.15) is 6.61 Å². The zero-order chi connectivity index (χ0) is 8.97. The summed E-state index contributed by atoms with van der Waals surface area (Å²) in [6, 6.07) is 0. The molecule has 0 unspecified atom stereocenters. The minimum absolute atomic E-state index is 0.0357. The van der Waals surface area contributed by atoms with Gasteiger partial charge in [-0.05, 0) is 12.8 Å². The van der Waals surface area contributed by atoms with E-state index in [1.165, 1.54) is 0 Å². The standard InChI is InChI=1S/C9H16O3/c1-7(2)9(10)12-6-8-4-3-5-11-8/h7-8H,3-6H2,1-2H3/t8-/m1/s1. The molecule has 0 amide bonds. The number of hydrogen-bond donors (Lipinski definition) is 0. The molecule has 0 aromatic rings. The minimum Gasteiger partial charge on any atom is -0.463 e. The van der Waals surface area contributed by atoms with Crippen molar-refractivity contribution in [3.8, 4) is 0 Å². The maximum Gasteiger partial charge on any atom is 0.308 e. The first-order chi connectivity index (χ1) is 5.70. The molecular formula is C9H16O3. The third kappa shape index (κ3) is 2.81. The number of rotatable bonds is 3. The molecule has 1 aliphatic rings. The van der Waals surface area contributed by atoms with Crippen LogP contribution in [0.15, 0.2) is 0 Å². The van der Waals surface area contributed by atoms with Crippen LogP contribution in [0.5, 0.6) is 0 Å². The van der Waals surface area contributed by atoms with Gasteiger partial charge in [0.2, 0.25) is 0 Å². The van der Waals surface area contributed by atoms with E-state index in [4.69, 9.17) is 9.47 Å². The summed E-state index contributed by atoms with van der Waals surface area (Å²) in [5.74, 6) is -0.170. The molecule has 0 N–H and O–H groups in total. The third-order valence-electron chi connectivity index (χ3n) is 1.91. The van der Waals surface area contributed by atoms with Gasteiger partial charge in [-0.1, -0.05) is 13.8 Å². The Labute approximate surface area is 73.0 Å². The van der Waals surface area contributed by atoms with Gasteiger partial charge >= 0.3 is 5.97 Å². The molecule has 1 saturated heterocycles. The van der Waals surface area contributed by atoms with Gasteiger partial charge in [-0.25, -0.2) is 0 Å². The van der Waals surface area contributed by atoms with E-state index in [0.29, 0.717) is 6.61 Å². The molecule has 0 saturated carbocycles. The van der Waals surface area contributed by atoms with E-state index >= 15 is 0 Å². The zero-order valence-electron chi connectivity index (χ0n) is 7.71. The smallest absolute Gasteiger partial charge is 0.308 e. The molecule has 0 aliphatic carbocycles. The van der Waals surface area contributed by atoms with Gasteiger partial charge in [-0.2, -0.15) is 0 Å². The lowest BCUT2D eigenvalue weighted by Gasteiger charge is -2.11. The van der Waals surface area contributed by atoms with Gasteiger partial charge < -0.3 is 9.47 Å². The van der Waals surface area contributed by atoms with Crippen LogP contribution in [-0.2, 0) is 14.3 Å². The number of carbonyl (C=O) groups is 1. The molecule has 0 aromatic heterocycles. The molecule has 0 radical (unpaired) electrons. The summed E-state index contributed by atoms with van der Waals surface area (Å²) in [5.41, 5.74) is 0. The van der Waals surface area contributed by atoms with Crippen molar-refractivity contribution in [3.05, 3.63) is 0 Å². The maximum absolute atomic E-state index is 11.0. The topological polar surface area (TPSA) is 35.5 Å². The van der Waals surface area contributed by atoms with E-state index < -0.39 is 0 Å². The molecule has 1 aliphatic heterocycles. The van der Waals surface area contributed by atoms with Crippen molar-refractivity contribution in [2.24, 2.45) is 5.92 Å². The summed E-state index contributed by atoms with van der Waals surface area (Å²) < 4.78 is 10.3. The summed E-state index contributed by atoms with van der Waals surface area (Å²) in [6.07, 6.45) is 2.25. The third-order valence-corrected chi connectivity index (χ3v) is 1.91. The molecular weight excluding hydrogens is 156 g/mol. The van der Waals surface area contributed by atoms with Gasteiger partial charge in [0.05, 0.1) is 12.0 Å². The predicted octanol–water partition coefficient (Wildman–Crippen LogP) is 1.36. The van der Waals surface area contributed by atoms with Gasteiger partial charge in [0, 0.05) is 6.61 Å². The summed E-state index contributed by atoms with van der Waals surface area (Å²) in [5, 5.41) is 0. The molecule has 0 bridgehead atoms. The van der Waals surface area contributed by atoms with Crippen LogP contribution in [0.2, 0.25) is 0 Å². The minimum atomic E-state index is -0.134. The Balaban J connectivity index is 2.12. The van der Waals surface area contributed by atoms with Gasteiger partial charge in [-0.15, -0.1) is 0 Å². The van der Waals surface area contributed by atoms with Crippen LogP contribution >= 0.6 is 0 Å². The molecule has 1 atom stereocenters. The van der Waals surface area contributed by atoms with Crippen LogP contribution in [0.4, 0.5) is 0 Å². The molecule has 0 spiro atoms. The number of hydrogen-bond acceptors (Lipinski definition) is 3. The normalized spacial score (nSPS) is 23.1. The first-order valence-corrected chi connectivity index (χ1v) is 4.48. The van der Waals surface area contributed by atoms with E-state index in [-0.39, 0.29) is 18.0 Å². The van der Waals surface area contributed by atoms with E-state index in [0.717, 1.165) is 19.4 Å². The average Bonchev–Trinajstić information content (AvgIpc) is 2.51. The van der Waals surface area contributed by atoms with Crippen molar-refractivity contribution >= 4 is 5.97 Å². The lowest BCUT2D eigenvalue weighted by atomic mass is 10.2. The van der Waals surface area contributed by atoms with Gasteiger partial charge in [0.15, 0.2) is 0 Å². The molecule has 0 aromatic carbocycles. The Hall–Kier alpha value is -0.570. The van der Waals surface area contributed by atoms with Crippen LogP contribution in [0.3, 0.4) is 0 Å². The van der Waals surface area contributed by atoms with Crippen molar-refractivity contribution in [2.45, 2.75) is 32.8 Å². The fraction of sp³-hybridized carbons (Fsp3) is 0.889. The first kappa shape index (κ1) is 9.52. The Bertz CT molecular complexity index is 148. The monoisotopic (exact) mass is 172 g/mol. The van der Waals surface area contributed by atoms with E-state index in [2.05, 4.69) is 0 Å². The van der Waals surface area contributed by atoms with E-state index in [1.54, 1.807) is 0 Å². The van der Waals surface area contributed by atoms with E-state index in [1.807, 2.05) is 13.8 Å². The van der Waals surface area contributed by atoms with Crippen LogP contribution in [0.25, 0.3) is 0 Å². The highest BCUT2D eigenvalue weighted by atomic mass is 16.6. The Morgan fingerprint density at radius 1 is 1.67 bits per heavy atom. The van der Waals surface area contributed by atoms with Crippen LogP contribution in [0, 0.1) is 5.92 Å². The highest BCUT2D eigenvalue weighted by Crippen LogP contribution is 2.12. The van der Waals surface area contributed by atoms with Crippen LogP contribution < -0.4 is 0 Å². The molecule has 1 rings (SSSR count). The molecule has 3 heteroatoms. The van der Waals surface area contributed by atoms with Crippen LogP contribution in [-0.4, -0.2) is 25.3 Å². The predicted molar refractivity (Wildman–Crippen MR) is 44.8 cm³/mol. The molecule has 1 fully saturated rings. The lowest BCUT2D eigenvalue weighted by Crippen LogP contribution is -2.20. The SMILES string of the molecule is CC(C)C(=O)OC[C@H]1CCCO1. The Morgan fingerprint density at radius 3 is 2.92 bits per heavy atom.